The Kier molecular flexibility index (Phi) is 4.43. The van der Waals surface area contributed by atoms with Crippen LogP contribution >= 0.6 is 0 Å². The molecule has 0 heterocycles. The number of unbranched alkanes of at least 4 members (excludes halogenated alkanes) is 3. The molecule has 0 bridgehead atoms. The summed E-state index contributed by atoms with van der Waals surface area (Å²) in [6, 6.07) is 0. The van der Waals surface area contributed by atoms with Crippen LogP contribution in [0.15, 0.2) is 12.2 Å². The summed E-state index contributed by atoms with van der Waals surface area (Å²) in [4.78, 5) is 23.9. The fraction of sp³-hybridized carbons (Fsp3) is 0.750. The van der Waals surface area contributed by atoms with Crippen LogP contribution in [0.3, 0.4) is 0 Å². The smallest absolute Gasteiger partial charge is 0.319 e. The number of hydrogen-bond acceptors (Lipinski definition) is 3. The van der Waals surface area contributed by atoms with Crippen LogP contribution in [0.1, 0.15) is 51.9 Å². The van der Waals surface area contributed by atoms with Crippen molar-refractivity contribution in [3.8, 4) is 0 Å². The first-order valence-electron chi connectivity index (χ1n) is 7.45. The van der Waals surface area contributed by atoms with E-state index in [1.165, 1.54) is 26.4 Å². The number of fused-ring (bicyclic) bond motifs is 1. The molecule has 2 aliphatic rings. The van der Waals surface area contributed by atoms with Gasteiger partial charge in [0.05, 0.1) is 7.11 Å². The number of ether oxygens (including phenoxy) is 1. The van der Waals surface area contributed by atoms with Crippen LogP contribution in [0.2, 0.25) is 0 Å². The molecule has 3 heteroatoms. The second-order valence-electron chi connectivity index (χ2n) is 5.82. The van der Waals surface area contributed by atoms with E-state index in [0.29, 0.717) is 18.8 Å². The largest absolute Gasteiger partial charge is 0.468 e. The van der Waals surface area contributed by atoms with Gasteiger partial charge in [0.1, 0.15) is 5.41 Å². The number of methoxy groups -OCH3 is 1. The molecule has 2 fully saturated rings. The Morgan fingerprint density at radius 3 is 2.95 bits per heavy atom. The van der Waals surface area contributed by atoms with E-state index in [-0.39, 0.29) is 17.7 Å². The van der Waals surface area contributed by atoms with Crippen molar-refractivity contribution in [2.45, 2.75) is 51.9 Å². The van der Waals surface area contributed by atoms with Crippen LogP contribution in [0.4, 0.5) is 0 Å². The summed E-state index contributed by atoms with van der Waals surface area (Å²) in [7, 11) is 1.38. The molecule has 0 radical (unpaired) electrons. The van der Waals surface area contributed by atoms with E-state index < -0.39 is 5.41 Å². The summed E-state index contributed by atoms with van der Waals surface area (Å²) >= 11 is 0. The minimum absolute atomic E-state index is 0.0972. The molecular weight excluding hydrogens is 240 g/mol. The lowest BCUT2D eigenvalue weighted by molar-refractivity contribution is -0.170. The van der Waals surface area contributed by atoms with Crippen LogP contribution in [0, 0.1) is 17.3 Å². The quantitative estimate of drug-likeness (QED) is 0.320. The fourth-order valence-corrected chi connectivity index (χ4v) is 3.68. The third kappa shape index (κ3) is 2.35. The van der Waals surface area contributed by atoms with Crippen molar-refractivity contribution in [2.24, 2.45) is 17.3 Å². The topological polar surface area (TPSA) is 43.4 Å². The number of hydrogen-bond donors (Lipinski definition) is 0. The molecule has 0 N–H and O–H groups in total. The molecule has 2 rings (SSSR count). The first kappa shape index (κ1) is 14.3. The number of allylic oxidation sites excluding steroid dienone is 2. The van der Waals surface area contributed by atoms with Crippen LogP contribution in [-0.2, 0) is 14.3 Å². The van der Waals surface area contributed by atoms with Gasteiger partial charge in [-0.15, -0.1) is 0 Å². The highest BCUT2D eigenvalue weighted by molar-refractivity contribution is 6.07. The van der Waals surface area contributed by atoms with Crippen molar-refractivity contribution in [2.75, 3.05) is 7.11 Å². The minimum Gasteiger partial charge on any atom is -0.468 e. The Balaban J connectivity index is 1.92. The fourth-order valence-electron chi connectivity index (χ4n) is 3.68. The second kappa shape index (κ2) is 5.89. The van der Waals surface area contributed by atoms with Gasteiger partial charge >= 0.3 is 5.97 Å². The molecule has 0 amide bonds. The van der Waals surface area contributed by atoms with Crippen LogP contribution < -0.4 is 0 Å². The van der Waals surface area contributed by atoms with Gasteiger partial charge in [-0.1, -0.05) is 31.9 Å². The van der Waals surface area contributed by atoms with Gasteiger partial charge in [-0.05, 0) is 37.5 Å². The van der Waals surface area contributed by atoms with Gasteiger partial charge in [-0.2, -0.15) is 0 Å². The molecule has 0 spiro atoms. The molecule has 19 heavy (non-hydrogen) atoms. The lowest BCUT2D eigenvalue weighted by Crippen LogP contribution is -2.53. The first-order valence-corrected chi connectivity index (χ1v) is 7.45. The molecule has 106 valence electrons. The van der Waals surface area contributed by atoms with Gasteiger partial charge in [-0.25, -0.2) is 0 Å². The summed E-state index contributed by atoms with van der Waals surface area (Å²) in [6.45, 7) is 2.20. The molecule has 0 saturated heterocycles. The van der Waals surface area contributed by atoms with Gasteiger partial charge in [0.2, 0.25) is 0 Å². The minimum atomic E-state index is -0.785. The average Bonchev–Trinajstić information content (AvgIpc) is 2.65. The van der Waals surface area contributed by atoms with E-state index in [1.807, 2.05) is 0 Å². The predicted molar refractivity (Wildman–Crippen MR) is 73.6 cm³/mol. The summed E-state index contributed by atoms with van der Waals surface area (Å²) in [5.74, 6) is 0.373. The molecule has 3 unspecified atom stereocenters. The highest BCUT2D eigenvalue weighted by atomic mass is 16.5. The first-order chi connectivity index (χ1) is 9.16. The number of ketones is 1. The van der Waals surface area contributed by atoms with E-state index in [1.54, 1.807) is 0 Å². The standard InChI is InChI=1S/C16H24O3/c1-3-4-5-6-7-8-12-11-16(15(18)19-2)13(12)9-10-14(16)17/h7-8,12-13H,3-6,9-11H2,1-2H3. The maximum absolute atomic E-state index is 12.0. The van der Waals surface area contributed by atoms with Crippen molar-refractivity contribution in [3.63, 3.8) is 0 Å². The molecular formula is C16H24O3. The van der Waals surface area contributed by atoms with Gasteiger partial charge in [0, 0.05) is 6.42 Å². The summed E-state index contributed by atoms with van der Waals surface area (Å²) < 4.78 is 4.85. The second-order valence-corrected chi connectivity index (χ2v) is 5.82. The zero-order valence-corrected chi connectivity index (χ0v) is 12.0. The lowest BCUT2D eigenvalue weighted by atomic mass is 9.55. The Bertz CT molecular complexity index is 385. The maximum Gasteiger partial charge on any atom is 0.319 e. The lowest BCUT2D eigenvalue weighted by Gasteiger charge is -2.46. The van der Waals surface area contributed by atoms with Crippen molar-refractivity contribution >= 4 is 11.8 Å². The van der Waals surface area contributed by atoms with Gasteiger partial charge in [-0.3, -0.25) is 9.59 Å². The van der Waals surface area contributed by atoms with Crippen LogP contribution in [0.5, 0.6) is 0 Å². The molecule has 3 atom stereocenters. The van der Waals surface area contributed by atoms with Crippen molar-refractivity contribution < 1.29 is 14.3 Å². The van der Waals surface area contributed by atoms with Crippen molar-refractivity contribution in [1.82, 2.24) is 0 Å². The van der Waals surface area contributed by atoms with E-state index >= 15 is 0 Å². The van der Waals surface area contributed by atoms with Crippen LogP contribution in [-0.4, -0.2) is 18.9 Å². The Morgan fingerprint density at radius 2 is 2.26 bits per heavy atom. The van der Waals surface area contributed by atoms with Gasteiger partial charge in [0.25, 0.3) is 0 Å². The molecule has 2 saturated carbocycles. The number of carbonyl (C=O) groups is 2. The number of Topliss-reactive ketones (excluding diaryl/α,β-unsaturated/α-hetero) is 1. The highest BCUT2D eigenvalue weighted by Gasteiger charge is 2.65. The molecule has 0 aromatic heterocycles. The highest BCUT2D eigenvalue weighted by Crippen LogP contribution is 2.60. The molecule has 3 nitrogen and oxygen atoms in total. The third-order valence-corrected chi connectivity index (χ3v) is 4.79. The van der Waals surface area contributed by atoms with Crippen LogP contribution in [0.25, 0.3) is 0 Å². The van der Waals surface area contributed by atoms with E-state index in [0.717, 1.165) is 12.8 Å². The molecule has 0 aliphatic heterocycles. The molecule has 0 aromatic carbocycles. The number of rotatable bonds is 6. The average molecular weight is 264 g/mol. The zero-order valence-electron chi connectivity index (χ0n) is 12.0. The van der Waals surface area contributed by atoms with Crippen molar-refractivity contribution in [1.29, 1.82) is 0 Å². The van der Waals surface area contributed by atoms with E-state index in [9.17, 15) is 9.59 Å². The number of esters is 1. The molecule has 2 aliphatic carbocycles. The van der Waals surface area contributed by atoms with Crippen molar-refractivity contribution in [3.05, 3.63) is 12.2 Å². The summed E-state index contributed by atoms with van der Waals surface area (Å²) in [6.07, 6.45) is 11.3. The SMILES string of the molecule is CCCCCC=CC1CC2(C(=O)OC)C(=O)CCC12. The van der Waals surface area contributed by atoms with E-state index in [2.05, 4.69) is 19.1 Å². The normalized spacial score (nSPS) is 33.3. The Labute approximate surface area is 115 Å². The number of carbonyl (C=O) groups excluding carboxylic acids is 2. The monoisotopic (exact) mass is 264 g/mol. The zero-order chi connectivity index (χ0) is 13.9. The predicted octanol–water partition coefficient (Wildman–Crippen LogP) is 3.28. The van der Waals surface area contributed by atoms with Gasteiger partial charge in [0.15, 0.2) is 5.78 Å². The summed E-state index contributed by atoms with van der Waals surface area (Å²) in [5, 5.41) is 0. The van der Waals surface area contributed by atoms with Gasteiger partial charge < -0.3 is 4.74 Å². The Morgan fingerprint density at radius 1 is 1.47 bits per heavy atom. The summed E-state index contributed by atoms with van der Waals surface area (Å²) in [5.41, 5.74) is -0.785. The maximum atomic E-state index is 12.0. The third-order valence-electron chi connectivity index (χ3n) is 4.79. The molecule has 0 aromatic rings. The Hall–Kier alpha value is -1.12. The van der Waals surface area contributed by atoms with E-state index in [4.69, 9.17) is 4.74 Å².